The molecule has 1 heterocycles. The predicted molar refractivity (Wildman–Crippen MR) is 95.7 cm³/mol. The molecule has 1 aromatic heterocycles. The van der Waals surface area contributed by atoms with Crippen LogP contribution >= 0.6 is 0 Å². The predicted octanol–water partition coefficient (Wildman–Crippen LogP) is 3.38. The largest absolute Gasteiger partial charge is 0.344 e. The number of aromatic nitrogens is 3. The van der Waals surface area contributed by atoms with E-state index >= 15 is 0 Å². The Kier molecular flexibility index (Phi) is 4.06. The van der Waals surface area contributed by atoms with Crippen LogP contribution in [-0.2, 0) is 6.42 Å². The highest BCUT2D eigenvalue weighted by Crippen LogP contribution is 2.29. The molecule has 25 heavy (non-hydrogen) atoms. The Morgan fingerprint density at radius 3 is 2.68 bits per heavy atom. The van der Waals surface area contributed by atoms with Gasteiger partial charge < -0.3 is 5.32 Å². The quantitative estimate of drug-likeness (QED) is 0.800. The third kappa shape index (κ3) is 3.05. The Hall–Kier alpha value is -2.95. The van der Waals surface area contributed by atoms with E-state index in [1.807, 2.05) is 43.3 Å². The SMILES string of the molecule is Cc1nn(-c2ccccc2)nc1C(=O)N[C@@H]1CCCc2ccccc21. The summed E-state index contributed by atoms with van der Waals surface area (Å²) in [5, 5.41) is 11.9. The first-order valence-electron chi connectivity index (χ1n) is 8.60. The van der Waals surface area contributed by atoms with Gasteiger partial charge in [0.25, 0.3) is 5.91 Å². The van der Waals surface area contributed by atoms with Crippen LogP contribution < -0.4 is 5.32 Å². The van der Waals surface area contributed by atoms with Gasteiger partial charge in [-0.1, -0.05) is 42.5 Å². The molecule has 1 aliphatic rings. The number of carbonyl (C=O) groups is 1. The van der Waals surface area contributed by atoms with Crippen LogP contribution in [0.25, 0.3) is 5.69 Å². The molecule has 0 spiro atoms. The van der Waals surface area contributed by atoms with Crippen molar-refractivity contribution in [3.05, 3.63) is 77.1 Å². The van der Waals surface area contributed by atoms with Crippen molar-refractivity contribution in [1.82, 2.24) is 20.3 Å². The van der Waals surface area contributed by atoms with Crippen LogP contribution in [0.1, 0.15) is 46.2 Å². The van der Waals surface area contributed by atoms with Gasteiger partial charge in [0.05, 0.1) is 17.4 Å². The van der Waals surface area contributed by atoms with Crippen molar-refractivity contribution in [1.29, 1.82) is 0 Å². The number of amides is 1. The maximum absolute atomic E-state index is 12.8. The summed E-state index contributed by atoms with van der Waals surface area (Å²) in [6, 6.07) is 18.0. The summed E-state index contributed by atoms with van der Waals surface area (Å²) in [6.45, 7) is 1.82. The van der Waals surface area contributed by atoms with Crippen molar-refractivity contribution in [2.24, 2.45) is 0 Å². The summed E-state index contributed by atoms with van der Waals surface area (Å²) < 4.78 is 0. The summed E-state index contributed by atoms with van der Waals surface area (Å²) in [7, 11) is 0. The molecule has 3 aromatic rings. The highest BCUT2D eigenvalue weighted by atomic mass is 16.2. The van der Waals surface area contributed by atoms with E-state index in [0.29, 0.717) is 11.4 Å². The molecule has 1 atom stereocenters. The topological polar surface area (TPSA) is 59.8 Å². The number of fused-ring (bicyclic) bond motifs is 1. The molecule has 0 saturated carbocycles. The van der Waals surface area contributed by atoms with Gasteiger partial charge in [0.1, 0.15) is 0 Å². The van der Waals surface area contributed by atoms with Gasteiger partial charge >= 0.3 is 0 Å². The first-order chi connectivity index (χ1) is 12.2. The van der Waals surface area contributed by atoms with Crippen LogP contribution in [0.4, 0.5) is 0 Å². The third-order valence-corrected chi connectivity index (χ3v) is 4.66. The van der Waals surface area contributed by atoms with Crippen LogP contribution in [0.15, 0.2) is 54.6 Å². The zero-order valence-corrected chi connectivity index (χ0v) is 14.1. The lowest BCUT2D eigenvalue weighted by Crippen LogP contribution is -2.31. The van der Waals surface area contributed by atoms with Crippen molar-refractivity contribution in [2.45, 2.75) is 32.2 Å². The molecule has 2 aromatic carbocycles. The smallest absolute Gasteiger partial charge is 0.274 e. The van der Waals surface area contributed by atoms with Crippen LogP contribution in [0.5, 0.6) is 0 Å². The molecule has 1 amide bonds. The lowest BCUT2D eigenvalue weighted by atomic mass is 9.87. The van der Waals surface area contributed by atoms with E-state index in [4.69, 9.17) is 0 Å². The number of hydrogen-bond donors (Lipinski definition) is 1. The normalized spacial score (nSPS) is 16.3. The van der Waals surface area contributed by atoms with Crippen molar-refractivity contribution >= 4 is 5.91 Å². The Balaban J connectivity index is 1.58. The molecule has 0 fully saturated rings. The van der Waals surface area contributed by atoms with E-state index in [0.717, 1.165) is 24.9 Å². The number of carbonyl (C=O) groups excluding carboxylic acids is 1. The Morgan fingerprint density at radius 2 is 1.84 bits per heavy atom. The summed E-state index contributed by atoms with van der Waals surface area (Å²) in [4.78, 5) is 14.3. The van der Waals surface area contributed by atoms with Crippen molar-refractivity contribution in [2.75, 3.05) is 0 Å². The molecule has 5 heteroatoms. The number of hydrogen-bond acceptors (Lipinski definition) is 3. The van der Waals surface area contributed by atoms with Crippen LogP contribution in [0, 0.1) is 6.92 Å². The van der Waals surface area contributed by atoms with Gasteiger partial charge in [0.2, 0.25) is 0 Å². The van der Waals surface area contributed by atoms with Gasteiger partial charge in [-0.2, -0.15) is 9.90 Å². The average Bonchev–Trinajstić information content (AvgIpc) is 3.05. The van der Waals surface area contributed by atoms with Gasteiger partial charge in [-0.15, -0.1) is 5.10 Å². The van der Waals surface area contributed by atoms with E-state index < -0.39 is 0 Å². The van der Waals surface area contributed by atoms with E-state index in [-0.39, 0.29) is 11.9 Å². The lowest BCUT2D eigenvalue weighted by Gasteiger charge is -2.26. The number of rotatable bonds is 3. The summed E-state index contributed by atoms with van der Waals surface area (Å²) >= 11 is 0. The molecule has 126 valence electrons. The second-order valence-corrected chi connectivity index (χ2v) is 6.38. The average molecular weight is 332 g/mol. The summed E-state index contributed by atoms with van der Waals surface area (Å²) in [5.74, 6) is -0.165. The van der Waals surface area contributed by atoms with Gasteiger partial charge in [-0.05, 0) is 49.4 Å². The third-order valence-electron chi connectivity index (χ3n) is 4.66. The molecule has 0 radical (unpaired) electrons. The molecule has 1 N–H and O–H groups in total. The number of nitrogens with one attached hydrogen (secondary N) is 1. The fraction of sp³-hybridized carbons (Fsp3) is 0.250. The van der Waals surface area contributed by atoms with Crippen molar-refractivity contribution < 1.29 is 4.79 Å². The second-order valence-electron chi connectivity index (χ2n) is 6.38. The van der Waals surface area contributed by atoms with E-state index in [9.17, 15) is 4.79 Å². The highest BCUT2D eigenvalue weighted by molar-refractivity contribution is 5.93. The van der Waals surface area contributed by atoms with E-state index in [2.05, 4.69) is 33.7 Å². The number of aryl methyl sites for hydroxylation is 2. The van der Waals surface area contributed by atoms with Crippen molar-refractivity contribution in [3.8, 4) is 5.69 Å². The maximum atomic E-state index is 12.8. The Labute approximate surface area is 146 Å². The summed E-state index contributed by atoms with van der Waals surface area (Å²) in [6.07, 6.45) is 3.11. The molecule has 0 unspecified atom stereocenters. The second kappa shape index (κ2) is 6.51. The number of nitrogens with zero attached hydrogens (tertiary/aromatic N) is 3. The van der Waals surface area contributed by atoms with Gasteiger partial charge in [-0.25, -0.2) is 0 Å². The lowest BCUT2D eigenvalue weighted by molar-refractivity contribution is 0.0926. The fourth-order valence-corrected chi connectivity index (χ4v) is 3.40. The zero-order valence-electron chi connectivity index (χ0n) is 14.1. The van der Waals surface area contributed by atoms with Gasteiger partial charge in [0, 0.05) is 0 Å². The van der Waals surface area contributed by atoms with Crippen LogP contribution in [0.2, 0.25) is 0 Å². The highest BCUT2D eigenvalue weighted by Gasteiger charge is 2.24. The minimum atomic E-state index is -0.165. The van der Waals surface area contributed by atoms with E-state index in [1.54, 1.807) is 0 Å². The Morgan fingerprint density at radius 1 is 1.08 bits per heavy atom. The fourth-order valence-electron chi connectivity index (χ4n) is 3.40. The minimum Gasteiger partial charge on any atom is -0.344 e. The molecule has 0 saturated heterocycles. The van der Waals surface area contributed by atoms with Gasteiger partial charge in [0.15, 0.2) is 5.69 Å². The first-order valence-corrected chi connectivity index (χ1v) is 8.60. The van der Waals surface area contributed by atoms with Crippen LogP contribution in [-0.4, -0.2) is 20.9 Å². The molecular formula is C20H20N4O. The summed E-state index contributed by atoms with van der Waals surface area (Å²) in [5.41, 5.74) is 4.39. The standard InChI is InChI=1S/C20H20N4O/c1-14-19(23-24(22-14)16-10-3-2-4-11-16)20(25)21-18-13-7-9-15-8-5-6-12-17(15)18/h2-6,8,10-12,18H,7,9,13H2,1H3,(H,21,25)/t18-/m1/s1. The number of benzene rings is 2. The molecular weight excluding hydrogens is 312 g/mol. The zero-order chi connectivity index (χ0) is 17.2. The van der Waals surface area contributed by atoms with Crippen molar-refractivity contribution in [3.63, 3.8) is 0 Å². The molecule has 5 nitrogen and oxygen atoms in total. The van der Waals surface area contributed by atoms with E-state index in [1.165, 1.54) is 15.9 Å². The molecule has 0 bridgehead atoms. The first kappa shape index (κ1) is 15.6. The monoisotopic (exact) mass is 332 g/mol. The maximum Gasteiger partial charge on any atom is 0.274 e. The molecule has 0 aliphatic heterocycles. The number of para-hydroxylation sites is 1. The minimum absolute atomic E-state index is 0.0405. The molecule has 4 rings (SSSR count). The van der Waals surface area contributed by atoms with Gasteiger partial charge in [-0.3, -0.25) is 4.79 Å². The Bertz CT molecular complexity index is 901. The van der Waals surface area contributed by atoms with Crippen LogP contribution in [0.3, 0.4) is 0 Å². The molecule has 1 aliphatic carbocycles.